The summed E-state index contributed by atoms with van der Waals surface area (Å²) < 4.78 is 17.4. The first kappa shape index (κ1) is 13.5. The van der Waals surface area contributed by atoms with Crippen molar-refractivity contribution in [1.29, 1.82) is 0 Å². The van der Waals surface area contributed by atoms with Crippen LogP contribution >= 0.6 is 0 Å². The molecule has 1 saturated heterocycles. The van der Waals surface area contributed by atoms with Crippen molar-refractivity contribution in [2.45, 2.75) is 19.6 Å². The van der Waals surface area contributed by atoms with Crippen molar-refractivity contribution in [2.75, 3.05) is 44.3 Å². The van der Waals surface area contributed by atoms with Crippen LogP contribution < -0.4 is 19.7 Å². The number of hydrogen-bond acceptors (Lipinski definition) is 5. The van der Waals surface area contributed by atoms with E-state index in [1.165, 1.54) is 0 Å². The Kier molecular flexibility index (Phi) is 4.28. The van der Waals surface area contributed by atoms with Crippen molar-refractivity contribution >= 4 is 5.69 Å². The summed E-state index contributed by atoms with van der Waals surface area (Å²) in [5.41, 5.74) is 1.12. The van der Waals surface area contributed by atoms with Crippen molar-refractivity contribution in [3.05, 3.63) is 18.2 Å². The average Bonchev–Trinajstić information content (AvgIpc) is 2.53. The molecule has 0 radical (unpaired) electrons. The molecule has 1 unspecified atom stereocenters. The van der Waals surface area contributed by atoms with E-state index in [0.29, 0.717) is 13.2 Å². The van der Waals surface area contributed by atoms with Gasteiger partial charge in [0.1, 0.15) is 0 Å². The lowest BCUT2D eigenvalue weighted by atomic mass is 10.2. The highest BCUT2D eigenvalue weighted by atomic mass is 16.7. The van der Waals surface area contributed by atoms with Gasteiger partial charge in [0, 0.05) is 26.2 Å². The molecule has 0 amide bonds. The Hall–Kier alpha value is -1.46. The zero-order valence-corrected chi connectivity index (χ0v) is 11.9. The Bertz CT molecular complexity index is 447. The van der Waals surface area contributed by atoms with Gasteiger partial charge in [-0.1, -0.05) is 13.0 Å². The van der Waals surface area contributed by atoms with Crippen molar-refractivity contribution in [1.82, 2.24) is 5.32 Å². The van der Waals surface area contributed by atoms with E-state index in [9.17, 15) is 0 Å². The van der Waals surface area contributed by atoms with E-state index in [0.717, 1.165) is 49.8 Å². The maximum Gasteiger partial charge on any atom is 0.234 e. The summed E-state index contributed by atoms with van der Waals surface area (Å²) in [5.74, 6) is 1.64. The number of para-hydroxylation sites is 1. The first-order valence-corrected chi connectivity index (χ1v) is 7.38. The lowest BCUT2D eigenvalue weighted by Gasteiger charge is -2.34. The summed E-state index contributed by atoms with van der Waals surface area (Å²) >= 11 is 0. The molecule has 2 aliphatic heterocycles. The predicted octanol–water partition coefficient (Wildman–Crippen LogP) is 1.62. The minimum Gasteiger partial charge on any atom is -0.481 e. The fraction of sp³-hybridized carbons (Fsp3) is 0.600. The van der Waals surface area contributed by atoms with Gasteiger partial charge in [0.05, 0.1) is 12.3 Å². The Morgan fingerprint density at radius 2 is 2.20 bits per heavy atom. The van der Waals surface area contributed by atoms with Crippen molar-refractivity contribution in [3.8, 4) is 11.5 Å². The fourth-order valence-electron chi connectivity index (χ4n) is 2.56. The van der Waals surface area contributed by atoms with Crippen molar-refractivity contribution < 1.29 is 14.2 Å². The van der Waals surface area contributed by atoms with Gasteiger partial charge in [-0.2, -0.15) is 0 Å². The minimum atomic E-state index is -0.291. The lowest BCUT2D eigenvalue weighted by Crippen LogP contribution is -2.44. The Balaban J connectivity index is 1.75. The molecule has 1 atom stereocenters. The first-order chi connectivity index (χ1) is 9.88. The maximum atomic E-state index is 5.91. The van der Waals surface area contributed by atoms with Gasteiger partial charge in [-0.05, 0) is 18.6 Å². The van der Waals surface area contributed by atoms with Crippen LogP contribution in [0.25, 0.3) is 0 Å². The SMILES string of the molecule is CCCOC1COc2c(cccc2N2CCNCC2)O1. The van der Waals surface area contributed by atoms with Crippen molar-refractivity contribution in [3.63, 3.8) is 0 Å². The molecule has 1 fully saturated rings. The lowest BCUT2D eigenvalue weighted by molar-refractivity contribution is -0.115. The number of nitrogens with zero attached hydrogens (tertiary/aromatic N) is 1. The fourth-order valence-corrected chi connectivity index (χ4v) is 2.56. The molecule has 3 rings (SSSR count). The van der Waals surface area contributed by atoms with E-state index in [-0.39, 0.29) is 6.29 Å². The molecule has 0 bridgehead atoms. The number of fused-ring (bicyclic) bond motifs is 1. The van der Waals surface area contributed by atoms with Crippen molar-refractivity contribution in [2.24, 2.45) is 0 Å². The number of ether oxygens (including phenoxy) is 3. The first-order valence-electron chi connectivity index (χ1n) is 7.38. The van der Waals surface area contributed by atoms with Gasteiger partial charge in [0.15, 0.2) is 18.1 Å². The molecule has 5 nitrogen and oxygen atoms in total. The molecule has 1 N–H and O–H groups in total. The number of nitrogens with one attached hydrogen (secondary N) is 1. The number of anilines is 1. The highest BCUT2D eigenvalue weighted by Gasteiger charge is 2.26. The molecule has 20 heavy (non-hydrogen) atoms. The van der Waals surface area contributed by atoms with Crippen LogP contribution in [0.15, 0.2) is 18.2 Å². The number of piperazine rings is 1. The van der Waals surface area contributed by atoms with Gasteiger partial charge in [-0.3, -0.25) is 0 Å². The summed E-state index contributed by atoms with van der Waals surface area (Å²) in [6.45, 7) is 7.24. The molecular formula is C15H22N2O3. The Morgan fingerprint density at radius 3 is 3.00 bits per heavy atom. The number of hydrogen-bond donors (Lipinski definition) is 1. The van der Waals surface area contributed by atoms with Gasteiger partial charge in [-0.25, -0.2) is 0 Å². The molecule has 1 aromatic rings. The standard InChI is InChI=1S/C15H22N2O3/c1-2-10-18-14-11-19-15-12(4-3-5-13(15)20-14)17-8-6-16-7-9-17/h3-5,14,16H,2,6-11H2,1H3. The molecule has 0 spiro atoms. The van der Waals surface area contributed by atoms with Gasteiger partial charge >= 0.3 is 0 Å². The predicted molar refractivity (Wildman–Crippen MR) is 77.7 cm³/mol. The van der Waals surface area contributed by atoms with Gasteiger partial charge in [0.2, 0.25) is 6.29 Å². The molecule has 0 aromatic heterocycles. The van der Waals surface area contributed by atoms with E-state index >= 15 is 0 Å². The topological polar surface area (TPSA) is 43.0 Å². The molecule has 0 aliphatic carbocycles. The molecule has 2 aliphatic rings. The van der Waals surface area contributed by atoms with Gasteiger partial charge in [0.25, 0.3) is 0 Å². The van der Waals surface area contributed by atoms with Crippen LogP contribution in [-0.2, 0) is 4.74 Å². The summed E-state index contributed by atoms with van der Waals surface area (Å²) in [6.07, 6.45) is 0.689. The van der Waals surface area contributed by atoms with E-state index < -0.39 is 0 Å². The quantitative estimate of drug-likeness (QED) is 0.906. The molecule has 110 valence electrons. The third kappa shape index (κ3) is 2.83. The van der Waals surface area contributed by atoms with Crippen LogP contribution in [0.1, 0.15) is 13.3 Å². The van der Waals surface area contributed by atoms with Crippen LogP contribution in [0, 0.1) is 0 Å². The largest absolute Gasteiger partial charge is 0.481 e. The normalized spacial score (nSPS) is 21.9. The molecule has 0 saturated carbocycles. The van der Waals surface area contributed by atoms with Gasteiger partial charge < -0.3 is 24.4 Å². The smallest absolute Gasteiger partial charge is 0.234 e. The highest BCUT2D eigenvalue weighted by Crippen LogP contribution is 2.40. The third-order valence-electron chi connectivity index (χ3n) is 3.55. The summed E-state index contributed by atoms with van der Waals surface area (Å²) in [7, 11) is 0. The molecule has 2 heterocycles. The van der Waals surface area contributed by atoms with Crippen LogP contribution in [0.2, 0.25) is 0 Å². The van der Waals surface area contributed by atoms with E-state index in [1.807, 2.05) is 12.1 Å². The highest BCUT2D eigenvalue weighted by molar-refractivity contribution is 5.65. The van der Waals surface area contributed by atoms with Crippen LogP contribution in [0.5, 0.6) is 11.5 Å². The van der Waals surface area contributed by atoms with E-state index in [4.69, 9.17) is 14.2 Å². The second-order valence-electron chi connectivity index (χ2n) is 5.07. The maximum absolute atomic E-state index is 5.91. The van der Waals surface area contributed by atoms with Crippen LogP contribution in [0.4, 0.5) is 5.69 Å². The van der Waals surface area contributed by atoms with E-state index in [2.05, 4.69) is 23.2 Å². The molecule has 1 aromatic carbocycles. The second kappa shape index (κ2) is 6.33. The molecule has 5 heteroatoms. The third-order valence-corrected chi connectivity index (χ3v) is 3.55. The zero-order valence-electron chi connectivity index (χ0n) is 11.9. The number of rotatable bonds is 4. The Morgan fingerprint density at radius 1 is 1.35 bits per heavy atom. The Labute approximate surface area is 119 Å². The summed E-state index contributed by atoms with van der Waals surface area (Å²) in [5, 5.41) is 3.36. The van der Waals surface area contributed by atoms with Crippen LogP contribution in [0.3, 0.4) is 0 Å². The minimum absolute atomic E-state index is 0.291. The summed E-state index contributed by atoms with van der Waals surface area (Å²) in [4.78, 5) is 2.34. The summed E-state index contributed by atoms with van der Waals surface area (Å²) in [6, 6.07) is 6.06. The van der Waals surface area contributed by atoms with Crippen LogP contribution in [-0.4, -0.2) is 45.7 Å². The second-order valence-corrected chi connectivity index (χ2v) is 5.07. The number of benzene rings is 1. The monoisotopic (exact) mass is 278 g/mol. The zero-order chi connectivity index (χ0) is 13.8. The average molecular weight is 278 g/mol. The molecular weight excluding hydrogens is 256 g/mol. The van der Waals surface area contributed by atoms with E-state index in [1.54, 1.807) is 0 Å². The van der Waals surface area contributed by atoms with Gasteiger partial charge in [-0.15, -0.1) is 0 Å².